The van der Waals surface area contributed by atoms with Gasteiger partial charge in [-0.2, -0.15) is 13.2 Å². The first kappa shape index (κ1) is 15.9. The Kier molecular flexibility index (Phi) is 4.33. The molecule has 1 aromatic rings. The van der Waals surface area contributed by atoms with Gasteiger partial charge < -0.3 is 5.43 Å². The van der Waals surface area contributed by atoms with Crippen molar-refractivity contribution in [1.82, 2.24) is 10.9 Å². The lowest BCUT2D eigenvalue weighted by atomic mass is 9.86. The fraction of sp³-hybridized carbons (Fsp3) is 0.471. The summed E-state index contributed by atoms with van der Waals surface area (Å²) in [5, 5.41) is 0. The van der Waals surface area contributed by atoms with Crippen molar-refractivity contribution in [2.75, 3.05) is 0 Å². The summed E-state index contributed by atoms with van der Waals surface area (Å²) in [6.07, 6.45) is -0.895. The van der Waals surface area contributed by atoms with Crippen LogP contribution in [0.2, 0.25) is 0 Å². The number of rotatable bonds is 4. The lowest BCUT2D eigenvalue weighted by molar-refractivity contribution is -0.185. The number of carbonyl (C=O) groups is 1. The van der Waals surface area contributed by atoms with Crippen molar-refractivity contribution in [3.63, 3.8) is 0 Å². The van der Waals surface area contributed by atoms with E-state index in [1.54, 1.807) is 6.20 Å². The van der Waals surface area contributed by atoms with Gasteiger partial charge >= 0.3 is 6.18 Å². The minimum atomic E-state index is -4.08. The zero-order valence-electron chi connectivity index (χ0n) is 12.6. The van der Waals surface area contributed by atoms with Crippen molar-refractivity contribution in [1.29, 1.82) is 0 Å². The van der Waals surface area contributed by atoms with E-state index in [2.05, 4.69) is 10.9 Å². The quantitative estimate of drug-likeness (QED) is 0.834. The Morgan fingerprint density at radius 2 is 1.96 bits per heavy atom. The molecule has 3 nitrogen and oxygen atoms in total. The Balaban J connectivity index is 1.47. The van der Waals surface area contributed by atoms with Gasteiger partial charge in [-0.3, -0.25) is 10.2 Å². The van der Waals surface area contributed by atoms with E-state index in [9.17, 15) is 18.0 Å². The number of allylic oxidation sites excluding steroid dienone is 1. The smallest absolute Gasteiger partial charge is 0.306 e. The summed E-state index contributed by atoms with van der Waals surface area (Å²) in [5.74, 6) is -1.64. The van der Waals surface area contributed by atoms with E-state index in [1.165, 1.54) is 0 Å². The Morgan fingerprint density at radius 1 is 1.22 bits per heavy atom. The number of nitrogens with one attached hydrogen (secondary N) is 2. The third-order valence-corrected chi connectivity index (χ3v) is 4.81. The predicted octanol–water partition coefficient (Wildman–Crippen LogP) is 3.34. The molecule has 1 amide bonds. The van der Waals surface area contributed by atoms with E-state index in [1.807, 2.05) is 30.3 Å². The van der Waals surface area contributed by atoms with E-state index in [-0.39, 0.29) is 30.6 Å². The van der Waals surface area contributed by atoms with Gasteiger partial charge in [-0.15, -0.1) is 0 Å². The number of alkyl halides is 3. The number of carbonyl (C=O) groups excluding carboxylic acids is 1. The molecule has 3 rings (SSSR count). The average Bonchev–Trinajstić information content (AvgIpc) is 3.08. The van der Waals surface area contributed by atoms with Gasteiger partial charge in [0.15, 0.2) is 0 Å². The highest BCUT2D eigenvalue weighted by atomic mass is 19.4. The Hall–Kier alpha value is -1.98. The highest BCUT2D eigenvalue weighted by Crippen LogP contribution is 2.56. The predicted molar refractivity (Wildman–Crippen MR) is 79.9 cm³/mol. The summed E-state index contributed by atoms with van der Waals surface area (Å²) < 4.78 is 38.5. The molecule has 2 aliphatic carbocycles. The van der Waals surface area contributed by atoms with Crippen LogP contribution < -0.4 is 10.9 Å². The molecule has 3 unspecified atom stereocenters. The molecular weight excluding hydrogens is 305 g/mol. The van der Waals surface area contributed by atoms with Gasteiger partial charge in [0.1, 0.15) is 0 Å². The summed E-state index contributed by atoms with van der Waals surface area (Å²) in [5.41, 5.74) is 7.21. The van der Waals surface area contributed by atoms with Crippen molar-refractivity contribution in [2.24, 2.45) is 17.8 Å². The number of hydrogen-bond acceptors (Lipinski definition) is 2. The Morgan fingerprint density at radius 3 is 2.57 bits per heavy atom. The van der Waals surface area contributed by atoms with Gasteiger partial charge in [0, 0.05) is 6.20 Å². The Labute approximate surface area is 132 Å². The standard InChI is InChI=1S/C17H19F3N2O/c18-17(19,20)15-9-12-7-13(15)8-14(12)10-21-22-16(23)6-11-4-2-1-3-5-11/h1-5,10,12-13,15,21H,6-9H2,(H,22,23). The molecule has 2 saturated carbocycles. The van der Waals surface area contributed by atoms with E-state index in [0.29, 0.717) is 12.8 Å². The van der Waals surface area contributed by atoms with E-state index in [4.69, 9.17) is 0 Å². The van der Waals surface area contributed by atoms with Gasteiger partial charge in [0.25, 0.3) is 0 Å². The van der Waals surface area contributed by atoms with Crippen molar-refractivity contribution in [2.45, 2.75) is 31.9 Å². The lowest BCUT2D eigenvalue weighted by Crippen LogP contribution is -2.35. The second kappa shape index (κ2) is 6.26. The number of amides is 1. The van der Waals surface area contributed by atoms with Crippen LogP contribution in [0.15, 0.2) is 42.1 Å². The largest absolute Gasteiger partial charge is 0.392 e. The first-order chi connectivity index (χ1) is 10.9. The number of hydrogen-bond donors (Lipinski definition) is 2. The summed E-state index contributed by atoms with van der Waals surface area (Å²) in [6, 6.07) is 9.35. The van der Waals surface area contributed by atoms with Crippen molar-refractivity contribution in [3.8, 4) is 0 Å². The molecule has 0 spiro atoms. The van der Waals surface area contributed by atoms with Crippen molar-refractivity contribution >= 4 is 5.91 Å². The van der Waals surface area contributed by atoms with Crippen LogP contribution >= 0.6 is 0 Å². The zero-order valence-corrected chi connectivity index (χ0v) is 12.6. The van der Waals surface area contributed by atoms with Crippen LogP contribution in [0.3, 0.4) is 0 Å². The molecule has 0 radical (unpaired) electrons. The third-order valence-electron chi connectivity index (χ3n) is 4.81. The van der Waals surface area contributed by atoms with Crippen LogP contribution in [-0.4, -0.2) is 12.1 Å². The van der Waals surface area contributed by atoms with Crippen LogP contribution in [0, 0.1) is 17.8 Å². The first-order valence-electron chi connectivity index (χ1n) is 7.77. The molecule has 1 aromatic carbocycles. The van der Waals surface area contributed by atoms with Gasteiger partial charge in [-0.1, -0.05) is 30.3 Å². The fourth-order valence-corrected chi connectivity index (χ4v) is 3.74. The summed E-state index contributed by atoms with van der Waals surface area (Å²) >= 11 is 0. The molecule has 0 heterocycles. The van der Waals surface area contributed by atoms with Crippen LogP contribution in [0.1, 0.15) is 24.8 Å². The molecule has 3 atom stereocenters. The Bertz CT molecular complexity index is 598. The highest BCUT2D eigenvalue weighted by Gasteiger charge is 2.54. The summed E-state index contributed by atoms with van der Waals surface area (Å²) in [6.45, 7) is 0. The number of benzene rings is 1. The van der Waals surface area contributed by atoms with Crippen LogP contribution in [0.4, 0.5) is 13.2 Å². The molecular formula is C17H19F3N2O. The first-order valence-corrected chi connectivity index (χ1v) is 7.77. The number of fused-ring (bicyclic) bond motifs is 2. The molecule has 23 heavy (non-hydrogen) atoms. The van der Waals surface area contributed by atoms with Gasteiger partial charge in [-0.05, 0) is 42.2 Å². The molecule has 2 aliphatic rings. The second-order valence-corrected chi connectivity index (χ2v) is 6.35. The van der Waals surface area contributed by atoms with Gasteiger partial charge in [-0.25, -0.2) is 0 Å². The topological polar surface area (TPSA) is 41.1 Å². The van der Waals surface area contributed by atoms with Gasteiger partial charge in [0.05, 0.1) is 12.3 Å². The maximum Gasteiger partial charge on any atom is 0.392 e. The average molecular weight is 324 g/mol. The third kappa shape index (κ3) is 3.68. The molecule has 2 N–H and O–H groups in total. The van der Waals surface area contributed by atoms with Gasteiger partial charge in [0.2, 0.25) is 5.91 Å². The number of halogens is 3. The molecule has 0 saturated heterocycles. The SMILES string of the molecule is O=C(Cc1ccccc1)NNC=C1CC2CC1CC2C(F)(F)F. The maximum absolute atomic E-state index is 12.8. The van der Waals surface area contributed by atoms with Crippen LogP contribution in [0.25, 0.3) is 0 Å². The minimum absolute atomic E-state index is 0.00912. The second-order valence-electron chi connectivity index (χ2n) is 6.35. The minimum Gasteiger partial charge on any atom is -0.306 e. The summed E-state index contributed by atoms with van der Waals surface area (Å²) in [7, 11) is 0. The summed E-state index contributed by atoms with van der Waals surface area (Å²) in [4.78, 5) is 11.8. The number of hydrazine groups is 1. The molecule has 0 aliphatic heterocycles. The highest BCUT2D eigenvalue weighted by molar-refractivity contribution is 5.78. The maximum atomic E-state index is 12.8. The molecule has 2 fully saturated rings. The normalized spacial score (nSPS) is 28.1. The van der Waals surface area contributed by atoms with Crippen LogP contribution in [0.5, 0.6) is 0 Å². The van der Waals surface area contributed by atoms with E-state index < -0.39 is 12.1 Å². The van der Waals surface area contributed by atoms with E-state index >= 15 is 0 Å². The zero-order chi connectivity index (χ0) is 16.4. The monoisotopic (exact) mass is 324 g/mol. The van der Waals surface area contributed by atoms with Crippen molar-refractivity contribution < 1.29 is 18.0 Å². The van der Waals surface area contributed by atoms with Crippen LogP contribution in [-0.2, 0) is 11.2 Å². The van der Waals surface area contributed by atoms with Crippen molar-refractivity contribution in [3.05, 3.63) is 47.7 Å². The molecule has 124 valence electrons. The van der Waals surface area contributed by atoms with E-state index in [0.717, 1.165) is 11.1 Å². The fourth-order valence-electron chi connectivity index (χ4n) is 3.74. The molecule has 2 bridgehead atoms. The molecule has 0 aromatic heterocycles. The molecule has 6 heteroatoms. The lowest BCUT2D eigenvalue weighted by Gasteiger charge is -2.25.